The Balaban J connectivity index is 1.36. The van der Waals surface area contributed by atoms with Gasteiger partial charge in [-0.3, -0.25) is 14.6 Å². The third-order valence-electron chi connectivity index (χ3n) is 7.11. The average Bonchev–Trinajstić information content (AvgIpc) is 2.99. The van der Waals surface area contributed by atoms with Crippen LogP contribution in [-0.4, -0.2) is 76.3 Å². The van der Waals surface area contributed by atoms with Crippen LogP contribution >= 0.6 is 11.6 Å². The molecule has 0 unspecified atom stereocenters. The van der Waals surface area contributed by atoms with Gasteiger partial charge >= 0.3 is 5.97 Å². The number of aliphatic imine (C=N–C) groups is 1. The van der Waals surface area contributed by atoms with Gasteiger partial charge in [-0.2, -0.15) is 0 Å². The number of pyridine rings is 1. The lowest BCUT2D eigenvalue weighted by molar-refractivity contribution is -0.137. The first-order valence-electron chi connectivity index (χ1n) is 13.6. The van der Waals surface area contributed by atoms with Gasteiger partial charge in [-0.1, -0.05) is 23.7 Å². The van der Waals surface area contributed by atoms with Crippen molar-refractivity contribution in [2.45, 2.75) is 25.7 Å². The Morgan fingerprint density at radius 1 is 1.00 bits per heavy atom. The van der Waals surface area contributed by atoms with Crippen LogP contribution in [0.1, 0.15) is 40.9 Å². The maximum absolute atomic E-state index is 13.5. The molecule has 3 heterocycles. The summed E-state index contributed by atoms with van der Waals surface area (Å²) in [7, 11) is 1.74. The number of aliphatic carboxylic acids is 1. The molecule has 1 aliphatic rings. The smallest absolute Gasteiger partial charge is 0.303 e. The highest BCUT2D eigenvalue weighted by molar-refractivity contribution is 6.30. The number of halogens is 1. The SMILES string of the molecule is CN=Cc1cccnc1N1CCN(C(=O)c2ccc3nc(-c4ccc(Cl)cc4)c(CCCCC(=O)O)nc3c2)CC1. The van der Waals surface area contributed by atoms with Crippen molar-refractivity contribution in [1.82, 2.24) is 19.9 Å². The minimum atomic E-state index is -0.813. The highest BCUT2D eigenvalue weighted by Gasteiger charge is 2.24. The van der Waals surface area contributed by atoms with Crippen molar-refractivity contribution in [3.8, 4) is 11.3 Å². The van der Waals surface area contributed by atoms with Gasteiger partial charge in [0, 0.05) is 73.8 Å². The molecule has 41 heavy (non-hydrogen) atoms. The van der Waals surface area contributed by atoms with Crippen LogP contribution in [0.4, 0.5) is 5.82 Å². The number of rotatable bonds is 9. The number of benzene rings is 2. The van der Waals surface area contributed by atoms with E-state index >= 15 is 0 Å². The standard InChI is InChI=1S/C31H31ClN6O3/c1-33-20-23-5-4-14-34-30(23)37-15-17-38(18-16-37)31(41)22-10-13-25-27(19-22)35-26(6-2-3-7-28(39)40)29(36-25)21-8-11-24(32)12-9-21/h4-5,8-14,19-20H,2-3,6-7,15-18H2,1H3,(H,39,40). The largest absolute Gasteiger partial charge is 0.481 e. The molecule has 210 valence electrons. The molecule has 0 saturated carbocycles. The quantitative estimate of drug-likeness (QED) is 0.219. The maximum atomic E-state index is 13.5. The van der Waals surface area contributed by atoms with Crippen LogP contribution in [0.15, 0.2) is 65.8 Å². The maximum Gasteiger partial charge on any atom is 0.303 e. The second-order valence-electron chi connectivity index (χ2n) is 9.91. The van der Waals surface area contributed by atoms with Crippen molar-refractivity contribution >= 4 is 46.5 Å². The van der Waals surface area contributed by atoms with E-state index in [0.717, 1.165) is 28.3 Å². The number of aromatic nitrogens is 3. The van der Waals surface area contributed by atoms with E-state index in [4.69, 9.17) is 26.7 Å². The van der Waals surface area contributed by atoms with Gasteiger partial charge in [0.25, 0.3) is 5.91 Å². The number of fused-ring (bicyclic) bond motifs is 1. The lowest BCUT2D eigenvalue weighted by atomic mass is 10.0. The fourth-order valence-electron chi connectivity index (χ4n) is 5.02. The number of anilines is 1. The van der Waals surface area contributed by atoms with Crippen LogP contribution in [0, 0.1) is 0 Å². The molecule has 5 rings (SSSR count). The predicted molar refractivity (Wildman–Crippen MR) is 161 cm³/mol. The van der Waals surface area contributed by atoms with Gasteiger partial charge in [-0.15, -0.1) is 0 Å². The van der Waals surface area contributed by atoms with Crippen molar-refractivity contribution in [2.75, 3.05) is 38.1 Å². The zero-order valence-electron chi connectivity index (χ0n) is 22.8. The second kappa shape index (κ2) is 12.9. The normalized spacial score (nSPS) is 13.7. The Morgan fingerprint density at radius 2 is 1.78 bits per heavy atom. The second-order valence-corrected chi connectivity index (χ2v) is 10.3. The van der Waals surface area contributed by atoms with E-state index in [0.29, 0.717) is 67.1 Å². The molecule has 1 aliphatic heterocycles. The zero-order chi connectivity index (χ0) is 28.8. The number of piperazine rings is 1. The number of nitrogens with zero attached hydrogens (tertiary/aromatic N) is 6. The van der Waals surface area contributed by atoms with Gasteiger partial charge in [-0.25, -0.2) is 15.0 Å². The van der Waals surface area contributed by atoms with Crippen molar-refractivity contribution in [3.05, 3.63) is 82.6 Å². The van der Waals surface area contributed by atoms with E-state index in [1.165, 1.54) is 0 Å². The molecule has 1 fully saturated rings. The minimum absolute atomic E-state index is 0.0468. The molecule has 0 radical (unpaired) electrons. The summed E-state index contributed by atoms with van der Waals surface area (Å²) in [5.41, 5.74) is 5.24. The monoisotopic (exact) mass is 570 g/mol. The topological polar surface area (TPSA) is 112 Å². The first-order valence-corrected chi connectivity index (χ1v) is 14.0. The number of hydrogen-bond acceptors (Lipinski definition) is 7. The van der Waals surface area contributed by atoms with E-state index in [2.05, 4.69) is 14.9 Å². The van der Waals surface area contributed by atoms with Crippen LogP contribution in [0.3, 0.4) is 0 Å². The summed E-state index contributed by atoms with van der Waals surface area (Å²) in [4.78, 5) is 47.0. The first-order chi connectivity index (χ1) is 19.9. The molecule has 2 aromatic carbocycles. The van der Waals surface area contributed by atoms with Crippen molar-refractivity contribution in [3.63, 3.8) is 0 Å². The average molecular weight is 571 g/mol. The molecule has 1 N–H and O–H groups in total. The van der Waals surface area contributed by atoms with E-state index < -0.39 is 5.97 Å². The lowest BCUT2D eigenvalue weighted by Crippen LogP contribution is -2.49. The van der Waals surface area contributed by atoms with Crippen LogP contribution < -0.4 is 4.90 Å². The summed E-state index contributed by atoms with van der Waals surface area (Å²) in [5, 5.41) is 9.65. The Labute approximate surface area is 243 Å². The molecule has 0 aliphatic carbocycles. The fraction of sp³-hybridized carbons (Fsp3) is 0.290. The van der Waals surface area contributed by atoms with Gasteiger partial charge in [0.1, 0.15) is 5.82 Å². The number of carbonyl (C=O) groups is 2. The number of unbranched alkanes of at least 4 members (excludes halogenated alkanes) is 1. The van der Waals surface area contributed by atoms with E-state index in [1.54, 1.807) is 31.6 Å². The van der Waals surface area contributed by atoms with Crippen molar-refractivity contribution in [2.24, 2.45) is 4.99 Å². The minimum Gasteiger partial charge on any atom is -0.481 e. The molecule has 0 atom stereocenters. The highest BCUT2D eigenvalue weighted by Crippen LogP contribution is 2.27. The van der Waals surface area contributed by atoms with Gasteiger partial charge in [0.15, 0.2) is 0 Å². The van der Waals surface area contributed by atoms with Crippen LogP contribution in [0.25, 0.3) is 22.3 Å². The number of aryl methyl sites for hydroxylation is 1. The first kappa shape index (κ1) is 28.2. The molecule has 0 spiro atoms. The Hall–Kier alpha value is -4.37. The summed E-state index contributed by atoms with van der Waals surface area (Å²) < 4.78 is 0. The van der Waals surface area contributed by atoms with Crippen LogP contribution in [-0.2, 0) is 11.2 Å². The highest BCUT2D eigenvalue weighted by atomic mass is 35.5. The summed E-state index contributed by atoms with van der Waals surface area (Å²) in [6.07, 6.45) is 5.47. The summed E-state index contributed by atoms with van der Waals surface area (Å²) >= 11 is 6.10. The summed E-state index contributed by atoms with van der Waals surface area (Å²) in [6, 6.07) is 16.7. The molecular formula is C31H31ClN6O3. The Bertz CT molecular complexity index is 1580. The van der Waals surface area contributed by atoms with Gasteiger partial charge < -0.3 is 14.9 Å². The molecule has 1 amide bonds. The molecule has 9 nitrogen and oxygen atoms in total. The van der Waals surface area contributed by atoms with Crippen molar-refractivity contribution in [1.29, 1.82) is 0 Å². The third kappa shape index (κ3) is 6.69. The number of hydrogen-bond donors (Lipinski definition) is 1. The molecule has 1 saturated heterocycles. The van der Waals surface area contributed by atoms with Crippen LogP contribution in [0.5, 0.6) is 0 Å². The molecule has 2 aromatic heterocycles. The van der Waals surface area contributed by atoms with Gasteiger partial charge in [0.2, 0.25) is 0 Å². The number of carbonyl (C=O) groups excluding carboxylic acids is 1. The lowest BCUT2D eigenvalue weighted by Gasteiger charge is -2.36. The third-order valence-corrected chi connectivity index (χ3v) is 7.36. The van der Waals surface area contributed by atoms with Crippen LogP contribution in [0.2, 0.25) is 5.02 Å². The molecule has 10 heteroatoms. The van der Waals surface area contributed by atoms with Gasteiger partial charge in [-0.05, 0) is 61.7 Å². The van der Waals surface area contributed by atoms with Crippen molar-refractivity contribution < 1.29 is 14.7 Å². The molecule has 4 aromatic rings. The number of carboxylic acids is 1. The van der Waals surface area contributed by atoms with E-state index in [1.807, 2.05) is 47.4 Å². The van der Waals surface area contributed by atoms with E-state index in [9.17, 15) is 9.59 Å². The summed E-state index contributed by atoms with van der Waals surface area (Å²) in [6.45, 7) is 2.50. The molecular weight excluding hydrogens is 540 g/mol. The fourth-order valence-corrected chi connectivity index (χ4v) is 5.15. The number of amides is 1. The summed E-state index contributed by atoms with van der Waals surface area (Å²) in [5.74, 6) is 0.0137. The Morgan fingerprint density at radius 3 is 2.51 bits per heavy atom. The Kier molecular flexibility index (Phi) is 8.84. The zero-order valence-corrected chi connectivity index (χ0v) is 23.6. The molecule has 0 bridgehead atoms. The van der Waals surface area contributed by atoms with Gasteiger partial charge in [0.05, 0.1) is 22.4 Å². The predicted octanol–water partition coefficient (Wildman–Crippen LogP) is 5.15. The number of carboxylic acid groups (broad SMARTS) is 1. The van der Waals surface area contributed by atoms with E-state index in [-0.39, 0.29) is 12.3 Å².